The topological polar surface area (TPSA) is 12.0 Å². The summed E-state index contributed by atoms with van der Waals surface area (Å²) in [4.78, 5) is 0. The van der Waals surface area contributed by atoms with Crippen LogP contribution in [-0.2, 0) is 0 Å². The van der Waals surface area contributed by atoms with Crippen molar-refractivity contribution in [3.63, 3.8) is 0 Å². The maximum Gasteiger partial charge on any atom is 0.123 e. The van der Waals surface area contributed by atoms with Gasteiger partial charge in [0.2, 0.25) is 0 Å². The number of hydrogen-bond acceptors (Lipinski definition) is 1. The molecule has 0 saturated heterocycles. The molecule has 0 atom stereocenters. The van der Waals surface area contributed by atoms with Crippen LogP contribution in [0.25, 0.3) is 5.57 Å². The Morgan fingerprint density at radius 2 is 1.76 bits per heavy atom. The third kappa shape index (κ3) is 2.94. The molecular formula is C15H16FN. The normalized spacial score (nSPS) is 11.4. The van der Waals surface area contributed by atoms with Gasteiger partial charge in [-0.1, -0.05) is 37.9 Å². The van der Waals surface area contributed by atoms with Gasteiger partial charge in [-0.25, -0.2) is 4.39 Å². The van der Waals surface area contributed by atoms with E-state index in [1.807, 2.05) is 0 Å². The van der Waals surface area contributed by atoms with Crippen molar-refractivity contribution in [2.24, 2.45) is 0 Å². The largest absolute Gasteiger partial charge is 0.388 e. The molecule has 88 valence electrons. The van der Waals surface area contributed by atoms with Gasteiger partial charge >= 0.3 is 0 Å². The Hall–Kier alpha value is -2.09. The van der Waals surface area contributed by atoms with E-state index in [1.165, 1.54) is 12.1 Å². The van der Waals surface area contributed by atoms with Gasteiger partial charge < -0.3 is 5.32 Å². The van der Waals surface area contributed by atoms with E-state index in [0.717, 1.165) is 22.4 Å². The van der Waals surface area contributed by atoms with E-state index in [0.29, 0.717) is 0 Å². The molecule has 0 heterocycles. The molecule has 1 aromatic rings. The van der Waals surface area contributed by atoms with Gasteiger partial charge in [-0.2, -0.15) is 0 Å². The molecule has 1 aromatic carbocycles. The molecule has 17 heavy (non-hydrogen) atoms. The van der Waals surface area contributed by atoms with Crippen LogP contribution in [0.3, 0.4) is 0 Å². The molecule has 1 rings (SSSR count). The Labute approximate surface area is 102 Å². The fourth-order valence-electron chi connectivity index (χ4n) is 1.55. The van der Waals surface area contributed by atoms with Crippen molar-refractivity contribution in [1.29, 1.82) is 0 Å². The summed E-state index contributed by atoms with van der Waals surface area (Å²) in [6, 6.07) is 6.21. The van der Waals surface area contributed by atoms with E-state index in [1.54, 1.807) is 31.3 Å². The van der Waals surface area contributed by atoms with Crippen molar-refractivity contribution in [1.82, 2.24) is 5.32 Å². The first kappa shape index (κ1) is 13.0. The van der Waals surface area contributed by atoms with Crippen molar-refractivity contribution in [3.8, 4) is 0 Å². The summed E-state index contributed by atoms with van der Waals surface area (Å²) >= 11 is 0. The molecule has 0 saturated carbocycles. The minimum absolute atomic E-state index is 0.261. The summed E-state index contributed by atoms with van der Waals surface area (Å²) in [6.07, 6.45) is 3.41. The summed E-state index contributed by atoms with van der Waals surface area (Å²) < 4.78 is 12.8. The van der Waals surface area contributed by atoms with E-state index in [-0.39, 0.29) is 5.82 Å². The summed E-state index contributed by atoms with van der Waals surface area (Å²) in [7, 11) is 1.80. The molecule has 0 spiro atoms. The lowest BCUT2D eigenvalue weighted by molar-refractivity contribution is 0.627. The van der Waals surface area contributed by atoms with E-state index in [2.05, 4.69) is 25.1 Å². The van der Waals surface area contributed by atoms with Crippen LogP contribution >= 0.6 is 0 Å². The minimum Gasteiger partial charge on any atom is -0.388 e. The molecule has 1 N–H and O–H groups in total. The highest BCUT2D eigenvalue weighted by Gasteiger charge is 2.06. The number of hydrogen-bond donors (Lipinski definition) is 1. The summed E-state index contributed by atoms with van der Waals surface area (Å²) in [6.45, 7) is 11.5. The van der Waals surface area contributed by atoms with Crippen LogP contribution in [-0.4, -0.2) is 7.05 Å². The summed E-state index contributed by atoms with van der Waals surface area (Å²) in [5.41, 5.74) is 3.34. The third-order valence-corrected chi connectivity index (χ3v) is 2.49. The van der Waals surface area contributed by atoms with Crippen LogP contribution in [0.5, 0.6) is 0 Å². The second kappa shape index (κ2) is 5.85. The quantitative estimate of drug-likeness (QED) is 0.759. The van der Waals surface area contributed by atoms with Crippen molar-refractivity contribution < 1.29 is 4.39 Å². The Morgan fingerprint density at radius 3 is 2.18 bits per heavy atom. The van der Waals surface area contributed by atoms with Crippen LogP contribution in [0.1, 0.15) is 5.56 Å². The maximum atomic E-state index is 12.8. The molecule has 0 aliphatic heterocycles. The Kier molecular flexibility index (Phi) is 4.46. The average Bonchev–Trinajstić information content (AvgIpc) is 2.36. The number of nitrogens with one attached hydrogen (secondary N) is 1. The molecule has 2 heteroatoms. The predicted octanol–water partition coefficient (Wildman–Crippen LogP) is 3.68. The zero-order valence-corrected chi connectivity index (χ0v) is 9.96. The number of allylic oxidation sites excluding steroid dienone is 4. The van der Waals surface area contributed by atoms with Crippen molar-refractivity contribution >= 4 is 5.57 Å². The monoisotopic (exact) mass is 229 g/mol. The lowest BCUT2D eigenvalue weighted by atomic mass is 9.97. The summed E-state index contributed by atoms with van der Waals surface area (Å²) in [5.74, 6) is -0.261. The fraction of sp³-hybridized carbons (Fsp3) is 0.0667. The molecule has 0 amide bonds. The Morgan fingerprint density at radius 1 is 1.18 bits per heavy atom. The van der Waals surface area contributed by atoms with Crippen LogP contribution in [0.2, 0.25) is 0 Å². The highest BCUT2D eigenvalue weighted by molar-refractivity contribution is 5.81. The lowest BCUT2D eigenvalue weighted by Gasteiger charge is -2.12. The van der Waals surface area contributed by atoms with Crippen LogP contribution in [0.15, 0.2) is 67.4 Å². The van der Waals surface area contributed by atoms with E-state index in [9.17, 15) is 4.39 Å². The number of rotatable bonds is 5. The zero-order chi connectivity index (χ0) is 12.8. The van der Waals surface area contributed by atoms with Gasteiger partial charge in [0.05, 0.1) is 0 Å². The van der Waals surface area contributed by atoms with Crippen LogP contribution in [0, 0.1) is 5.82 Å². The molecule has 0 aliphatic carbocycles. The molecule has 0 bridgehead atoms. The molecule has 0 unspecified atom stereocenters. The first-order valence-corrected chi connectivity index (χ1v) is 5.26. The Bertz CT molecular complexity index is 466. The lowest BCUT2D eigenvalue weighted by Crippen LogP contribution is -2.06. The van der Waals surface area contributed by atoms with Gasteiger partial charge in [0.25, 0.3) is 0 Å². The highest BCUT2D eigenvalue weighted by atomic mass is 19.1. The second-order valence-corrected chi connectivity index (χ2v) is 3.47. The van der Waals surface area contributed by atoms with Crippen LogP contribution < -0.4 is 5.32 Å². The van der Waals surface area contributed by atoms with Crippen molar-refractivity contribution in [2.45, 2.75) is 0 Å². The highest BCUT2D eigenvalue weighted by Crippen LogP contribution is 2.24. The van der Waals surface area contributed by atoms with Crippen molar-refractivity contribution in [3.05, 3.63) is 78.8 Å². The van der Waals surface area contributed by atoms with E-state index >= 15 is 0 Å². The number of likely N-dealkylation sites (N-methyl/N-ethyl adjacent to an activating group) is 1. The molecule has 1 nitrogen and oxygen atoms in total. The molecule has 0 aliphatic rings. The summed E-state index contributed by atoms with van der Waals surface area (Å²) in [5, 5.41) is 3.02. The third-order valence-electron chi connectivity index (χ3n) is 2.49. The molecule has 0 aromatic heterocycles. The first-order chi connectivity index (χ1) is 8.13. The van der Waals surface area contributed by atoms with E-state index < -0.39 is 0 Å². The minimum atomic E-state index is -0.261. The van der Waals surface area contributed by atoms with Crippen LogP contribution in [0.4, 0.5) is 4.39 Å². The predicted molar refractivity (Wildman–Crippen MR) is 71.9 cm³/mol. The molecule has 0 radical (unpaired) electrons. The SMILES string of the molecule is C=C/C(NC)=C(\C=C)C(=C)c1ccc(F)cc1. The molecular weight excluding hydrogens is 213 g/mol. The van der Waals surface area contributed by atoms with Gasteiger partial charge in [-0.3, -0.25) is 0 Å². The average molecular weight is 229 g/mol. The van der Waals surface area contributed by atoms with Gasteiger partial charge in [0.15, 0.2) is 0 Å². The second-order valence-electron chi connectivity index (χ2n) is 3.47. The first-order valence-electron chi connectivity index (χ1n) is 5.26. The van der Waals surface area contributed by atoms with E-state index in [4.69, 9.17) is 0 Å². The van der Waals surface area contributed by atoms with Gasteiger partial charge in [-0.05, 0) is 29.3 Å². The van der Waals surface area contributed by atoms with Crippen molar-refractivity contribution in [2.75, 3.05) is 7.05 Å². The number of halogens is 1. The smallest absolute Gasteiger partial charge is 0.123 e. The zero-order valence-electron chi connectivity index (χ0n) is 9.96. The van der Waals surface area contributed by atoms with Gasteiger partial charge in [0.1, 0.15) is 5.82 Å². The fourth-order valence-corrected chi connectivity index (χ4v) is 1.55. The standard InChI is InChI=1S/C15H16FN/c1-5-14(15(6-2)17-4)11(3)12-7-9-13(16)10-8-12/h5-10,17H,1-3H2,4H3/b15-14-. The number of benzene rings is 1. The maximum absolute atomic E-state index is 12.8. The van der Waals surface area contributed by atoms with Gasteiger partial charge in [-0.15, -0.1) is 0 Å². The molecule has 0 fully saturated rings. The van der Waals surface area contributed by atoms with Gasteiger partial charge in [0, 0.05) is 18.3 Å². The Balaban J connectivity index is 3.18.